The monoisotopic (exact) mass is 382 g/mol. The third-order valence-electron chi connectivity index (χ3n) is 8.46. The van der Waals surface area contributed by atoms with Crippen LogP contribution in [0.3, 0.4) is 0 Å². The van der Waals surface area contributed by atoms with Crippen molar-refractivity contribution in [1.29, 1.82) is 0 Å². The lowest BCUT2D eigenvalue weighted by Crippen LogP contribution is -2.47. The van der Waals surface area contributed by atoms with Crippen molar-refractivity contribution in [2.24, 2.45) is 22.7 Å². The van der Waals surface area contributed by atoms with E-state index in [1.54, 1.807) is 0 Å². The minimum absolute atomic E-state index is 0.473. The van der Waals surface area contributed by atoms with Gasteiger partial charge in [0.15, 0.2) is 0 Å². The number of anilines is 1. The van der Waals surface area contributed by atoms with Crippen LogP contribution in [0.1, 0.15) is 71.4 Å². The van der Waals surface area contributed by atoms with E-state index in [0.29, 0.717) is 16.7 Å². The molecule has 2 aliphatic carbocycles. The highest BCUT2D eigenvalue weighted by Crippen LogP contribution is 2.59. The first kappa shape index (κ1) is 20.2. The van der Waals surface area contributed by atoms with E-state index in [1.165, 1.54) is 43.6 Å². The topological polar surface area (TPSA) is 19.4 Å². The summed E-state index contributed by atoms with van der Waals surface area (Å²) in [6, 6.07) is 6.75. The van der Waals surface area contributed by atoms with Gasteiger partial charge >= 0.3 is 0 Å². The Morgan fingerprint density at radius 3 is 2.32 bits per heavy atom. The predicted molar refractivity (Wildman–Crippen MR) is 119 cm³/mol. The van der Waals surface area contributed by atoms with Gasteiger partial charge in [-0.05, 0) is 80.4 Å². The summed E-state index contributed by atoms with van der Waals surface area (Å²) in [5.74, 6) is 3.54. The molecule has 155 valence electrons. The number of aromatic nitrogens is 1. The van der Waals surface area contributed by atoms with Gasteiger partial charge in [0.25, 0.3) is 0 Å². The third kappa shape index (κ3) is 3.84. The van der Waals surface area contributed by atoms with Crippen LogP contribution in [-0.2, 0) is 0 Å². The smallest absolute Gasteiger partial charge is 0.128 e. The van der Waals surface area contributed by atoms with Crippen molar-refractivity contribution >= 4 is 5.82 Å². The van der Waals surface area contributed by atoms with E-state index in [4.69, 9.17) is 4.98 Å². The van der Waals surface area contributed by atoms with Crippen molar-refractivity contribution in [2.75, 3.05) is 37.6 Å². The molecule has 3 fully saturated rings. The number of rotatable bonds is 3. The Balaban J connectivity index is 1.49. The first-order valence-corrected chi connectivity index (χ1v) is 11.5. The van der Waals surface area contributed by atoms with E-state index in [0.717, 1.165) is 44.6 Å². The molecule has 1 aliphatic heterocycles. The average Bonchev–Trinajstić information content (AvgIpc) is 2.71. The van der Waals surface area contributed by atoms with Crippen molar-refractivity contribution < 1.29 is 0 Å². The molecule has 1 radical (unpaired) electrons. The van der Waals surface area contributed by atoms with Gasteiger partial charge in [0, 0.05) is 37.8 Å². The lowest BCUT2D eigenvalue weighted by atomic mass is 9.49. The maximum Gasteiger partial charge on any atom is 0.128 e. The summed E-state index contributed by atoms with van der Waals surface area (Å²) >= 11 is 0. The number of pyridine rings is 1. The lowest BCUT2D eigenvalue weighted by Gasteiger charge is -2.56. The average molecular weight is 383 g/mol. The highest BCUT2D eigenvalue weighted by Gasteiger charge is 2.50. The van der Waals surface area contributed by atoms with E-state index < -0.39 is 0 Å². The largest absolute Gasteiger partial charge is 0.354 e. The van der Waals surface area contributed by atoms with E-state index in [-0.39, 0.29) is 0 Å². The van der Waals surface area contributed by atoms with Crippen molar-refractivity contribution in [1.82, 2.24) is 9.88 Å². The minimum atomic E-state index is 0.473. The molecule has 0 spiro atoms. The van der Waals surface area contributed by atoms with Gasteiger partial charge < -0.3 is 4.90 Å². The van der Waals surface area contributed by atoms with Crippen molar-refractivity contribution in [2.45, 2.75) is 65.7 Å². The molecule has 0 bridgehead atoms. The molecule has 3 nitrogen and oxygen atoms in total. The van der Waals surface area contributed by atoms with Crippen molar-refractivity contribution in [3.8, 4) is 0 Å². The summed E-state index contributed by atoms with van der Waals surface area (Å²) in [7, 11) is 0. The fourth-order valence-electron chi connectivity index (χ4n) is 6.30. The van der Waals surface area contributed by atoms with E-state index >= 15 is 0 Å². The van der Waals surface area contributed by atoms with Crippen LogP contribution in [0.4, 0.5) is 5.82 Å². The molecule has 0 amide bonds. The second-order valence-electron chi connectivity index (χ2n) is 10.9. The molecule has 3 unspecified atom stereocenters. The zero-order valence-corrected chi connectivity index (χ0v) is 18.6. The molecular weight excluding hydrogens is 342 g/mol. The summed E-state index contributed by atoms with van der Waals surface area (Å²) < 4.78 is 0. The summed E-state index contributed by atoms with van der Waals surface area (Å²) in [4.78, 5) is 10.1. The Morgan fingerprint density at radius 1 is 0.964 bits per heavy atom. The quantitative estimate of drug-likeness (QED) is 0.699. The van der Waals surface area contributed by atoms with Crippen LogP contribution >= 0.6 is 0 Å². The Morgan fingerprint density at radius 2 is 1.64 bits per heavy atom. The number of fused-ring (bicyclic) bond motifs is 1. The molecule has 3 atom stereocenters. The van der Waals surface area contributed by atoms with E-state index in [2.05, 4.69) is 62.6 Å². The van der Waals surface area contributed by atoms with Crippen LogP contribution in [0.2, 0.25) is 0 Å². The van der Waals surface area contributed by atoms with Gasteiger partial charge in [-0.1, -0.05) is 33.8 Å². The SMILES string of the molecule is [CH2]CN1CCN(c2cccc(C3CCC4C(C3)C(C)(C)CCC4(C)C)n2)CC1. The molecule has 4 rings (SSSR count). The molecule has 1 aromatic rings. The van der Waals surface area contributed by atoms with Gasteiger partial charge in [0.2, 0.25) is 0 Å². The zero-order valence-electron chi connectivity index (χ0n) is 18.6. The van der Waals surface area contributed by atoms with E-state index in [1.807, 2.05) is 0 Å². The summed E-state index contributed by atoms with van der Waals surface area (Å²) in [6.07, 6.45) is 6.77. The maximum absolute atomic E-state index is 5.18. The fraction of sp³-hybridized carbons (Fsp3) is 0.760. The van der Waals surface area contributed by atoms with Crippen LogP contribution in [-0.4, -0.2) is 42.6 Å². The van der Waals surface area contributed by atoms with Crippen LogP contribution in [0.5, 0.6) is 0 Å². The highest BCUT2D eigenvalue weighted by molar-refractivity contribution is 5.40. The number of piperazine rings is 1. The van der Waals surface area contributed by atoms with Gasteiger partial charge in [0.1, 0.15) is 5.82 Å². The van der Waals surface area contributed by atoms with Crippen LogP contribution in [0.15, 0.2) is 18.2 Å². The fourth-order valence-corrected chi connectivity index (χ4v) is 6.30. The second-order valence-corrected chi connectivity index (χ2v) is 10.9. The minimum Gasteiger partial charge on any atom is -0.354 e. The first-order valence-electron chi connectivity index (χ1n) is 11.5. The molecule has 3 heteroatoms. The molecule has 2 heterocycles. The normalized spacial score (nSPS) is 32.8. The standard InChI is InChI=1S/C25H40N3/c1-6-27-14-16-28(17-15-27)23-9-7-8-22(26-23)19-10-11-20-21(18-19)25(4,5)13-12-24(20,2)3/h7-9,19-21H,1,6,10-18H2,2-5H3. The Kier molecular flexibility index (Phi) is 5.50. The number of nitrogens with zero attached hydrogens (tertiary/aromatic N) is 3. The molecule has 2 saturated carbocycles. The highest BCUT2D eigenvalue weighted by atomic mass is 15.3. The Hall–Kier alpha value is -1.09. The molecule has 0 N–H and O–H groups in total. The van der Waals surface area contributed by atoms with Crippen LogP contribution in [0.25, 0.3) is 0 Å². The van der Waals surface area contributed by atoms with Gasteiger partial charge in [-0.15, -0.1) is 0 Å². The van der Waals surface area contributed by atoms with Crippen molar-refractivity contribution in [3.05, 3.63) is 30.8 Å². The van der Waals surface area contributed by atoms with Gasteiger partial charge in [0.05, 0.1) is 0 Å². The predicted octanol–water partition coefficient (Wildman–Crippen LogP) is 5.38. The Bertz CT molecular complexity index is 672. The van der Waals surface area contributed by atoms with Gasteiger partial charge in [-0.3, -0.25) is 4.90 Å². The van der Waals surface area contributed by atoms with Gasteiger partial charge in [-0.2, -0.15) is 0 Å². The third-order valence-corrected chi connectivity index (χ3v) is 8.46. The summed E-state index contributed by atoms with van der Waals surface area (Å²) in [5, 5.41) is 0. The second kappa shape index (κ2) is 7.63. The number of hydrogen-bond donors (Lipinski definition) is 0. The molecule has 3 aliphatic rings. The van der Waals surface area contributed by atoms with Crippen molar-refractivity contribution in [3.63, 3.8) is 0 Å². The first-order chi connectivity index (χ1) is 13.3. The Labute approximate surface area is 172 Å². The number of hydrogen-bond acceptors (Lipinski definition) is 3. The summed E-state index contributed by atoms with van der Waals surface area (Å²) in [5.41, 5.74) is 2.32. The molecular formula is C25H40N3. The maximum atomic E-state index is 5.18. The zero-order chi connectivity index (χ0) is 19.9. The van der Waals surface area contributed by atoms with Gasteiger partial charge in [-0.25, -0.2) is 4.98 Å². The molecule has 1 saturated heterocycles. The molecule has 1 aromatic heterocycles. The van der Waals surface area contributed by atoms with Crippen LogP contribution < -0.4 is 4.90 Å². The van der Waals surface area contributed by atoms with Crippen LogP contribution in [0, 0.1) is 29.6 Å². The lowest BCUT2D eigenvalue weighted by molar-refractivity contribution is -0.0501. The summed E-state index contributed by atoms with van der Waals surface area (Å²) in [6.45, 7) is 19.4. The molecule has 0 aromatic carbocycles. The van der Waals surface area contributed by atoms with E-state index in [9.17, 15) is 0 Å². The molecule has 28 heavy (non-hydrogen) atoms.